The summed E-state index contributed by atoms with van der Waals surface area (Å²) in [5.74, 6) is 1.25. The molecule has 4 heterocycles. The lowest BCUT2D eigenvalue weighted by Crippen LogP contribution is -2.35. The number of nitrogens with zero attached hydrogens (tertiary/aromatic N) is 3. The van der Waals surface area contributed by atoms with Crippen molar-refractivity contribution in [3.05, 3.63) is 102 Å². The summed E-state index contributed by atoms with van der Waals surface area (Å²) in [7, 11) is 0. The average Bonchev–Trinajstić information content (AvgIpc) is 3.40. The first-order valence-corrected chi connectivity index (χ1v) is 11.1. The maximum absolute atomic E-state index is 13.4. The molecule has 1 aliphatic rings. The first-order valence-electron chi connectivity index (χ1n) is 11.1. The number of H-pyrrole nitrogens is 1. The van der Waals surface area contributed by atoms with E-state index in [9.17, 15) is 4.79 Å². The van der Waals surface area contributed by atoms with Crippen molar-refractivity contribution in [2.75, 3.05) is 18.0 Å². The van der Waals surface area contributed by atoms with Gasteiger partial charge in [-0.1, -0.05) is 36.4 Å². The van der Waals surface area contributed by atoms with E-state index in [1.54, 1.807) is 12.3 Å². The zero-order valence-electron chi connectivity index (χ0n) is 18.2. The quantitative estimate of drug-likeness (QED) is 0.438. The van der Waals surface area contributed by atoms with E-state index in [1.165, 1.54) is 12.0 Å². The van der Waals surface area contributed by atoms with Crippen LogP contribution >= 0.6 is 0 Å². The highest BCUT2D eigenvalue weighted by Crippen LogP contribution is 2.29. The van der Waals surface area contributed by atoms with Gasteiger partial charge in [0.25, 0.3) is 0 Å². The third-order valence-corrected chi connectivity index (χ3v) is 6.25. The summed E-state index contributed by atoms with van der Waals surface area (Å²) >= 11 is 0. The molecule has 0 radical (unpaired) electrons. The number of aromatic nitrogens is 3. The van der Waals surface area contributed by atoms with E-state index in [2.05, 4.69) is 45.2 Å². The lowest BCUT2D eigenvalue weighted by Gasteiger charge is -2.34. The van der Waals surface area contributed by atoms with E-state index in [-0.39, 0.29) is 5.78 Å². The molecule has 5 nitrogen and oxygen atoms in total. The van der Waals surface area contributed by atoms with Crippen LogP contribution in [0.5, 0.6) is 0 Å². The van der Waals surface area contributed by atoms with Crippen LogP contribution in [-0.4, -0.2) is 33.8 Å². The van der Waals surface area contributed by atoms with Crippen molar-refractivity contribution in [2.45, 2.75) is 25.7 Å². The molecule has 1 aromatic carbocycles. The molecule has 0 spiro atoms. The minimum atomic E-state index is -0.0918. The van der Waals surface area contributed by atoms with E-state index >= 15 is 0 Å². The zero-order chi connectivity index (χ0) is 21.9. The average molecular weight is 423 g/mol. The first-order chi connectivity index (χ1) is 15.7. The van der Waals surface area contributed by atoms with Crippen molar-refractivity contribution in [2.24, 2.45) is 0 Å². The smallest absolute Gasteiger partial charge is 0.213 e. The van der Waals surface area contributed by atoms with Gasteiger partial charge in [0.15, 0.2) is 0 Å². The number of aryl methyl sites for hydroxylation is 1. The molecule has 1 aliphatic heterocycles. The summed E-state index contributed by atoms with van der Waals surface area (Å²) in [5, 5.41) is 0. The fraction of sp³-hybridized carbons (Fsp3) is 0.222. The number of benzene rings is 1. The Morgan fingerprint density at radius 1 is 1.06 bits per heavy atom. The van der Waals surface area contributed by atoms with Crippen LogP contribution in [0.25, 0.3) is 11.1 Å². The normalized spacial score (nSPS) is 16.2. The number of nitrogens with one attached hydrogen (secondary N) is 1. The van der Waals surface area contributed by atoms with Gasteiger partial charge in [-0.25, -0.2) is 4.98 Å². The standard InChI is InChI=1S/C27H26N4O/c1-19-24(15-23(17-29-19)21-12-13-28-16-21)27(32)25-10-5-11-26(30-25)31-14-6-9-22(18-31)20-7-3-2-4-8-20/h2-5,7-8,10-13,15-17,22,28H,6,9,14,18H2,1H3. The number of pyridine rings is 2. The summed E-state index contributed by atoms with van der Waals surface area (Å²) in [6.45, 7) is 3.74. The summed E-state index contributed by atoms with van der Waals surface area (Å²) in [6, 6.07) is 20.3. The highest BCUT2D eigenvalue weighted by molar-refractivity contribution is 6.09. The summed E-state index contributed by atoms with van der Waals surface area (Å²) in [5.41, 5.74) is 5.05. The largest absolute Gasteiger partial charge is 0.367 e. The van der Waals surface area contributed by atoms with Gasteiger partial charge in [-0.05, 0) is 49.6 Å². The highest BCUT2D eigenvalue weighted by atomic mass is 16.1. The molecule has 160 valence electrons. The Balaban J connectivity index is 1.41. The minimum Gasteiger partial charge on any atom is -0.367 e. The SMILES string of the molecule is Cc1ncc(-c2cc[nH]c2)cc1C(=O)c1cccc(N2CCCC(c3ccccc3)C2)n1. The van der Waals surface area contributed by atoms with Crippen molar-refractivity contribution in [3.8, 4) is 11.1 Å². The minimum absolute atomic E-state index is 0.0918. The fourth-order valence-corrected chi connectivity index (χ4v) is 4.47. The van der Waals surface area contributed by atoms with Crippen LogP contribution in [0.1, 0.15) is 46.1 Å². The predicted molar refractivity (Wildman–Crippen MR) is 127 cm³/mol. The number of piperidine rings is 1. The maximum Gasteiger partial charge on any atom is 0.213 e. The molecule has 4 aromatic rings. The second-order valence-electron chi connectivity index (χ2n) is 8.36. The van der Waals surface area contributed by atoms with Gasteiger partial charge in [0, 0.05) is 60.0 Å². The van der Waals surface area contributed by atoms with E-state index in [0.717, 1.165) is 36.5 Å². The van der Waals surface area contributed by atoms with E-state index < -0.39 is 0 Å². The first kappa shape index (κ1) is 20.2. The fourth-order valence-electron chi connectivity index (χ4n) is 4.47. The topological polar surface area (TPSA) is 61.9 Å². The maximum atomic E-state index is 13.4. The van der Waals surface area contributed by atoms with Gasteiger partial charge in [0.05, 0.1) is 0 Å². The molecular weight excluding hydrogens is 396 g/mol. The van der Waals surface area contributed by atoms with Crippen LogP contribution in [0, 0.1) is 6.92 Å². The Kier molecular flexibility index (Phi) is 5.55. The molecule has 1 unspecified atom stereocenters. The van der Waals surface area contributed by atoms with Gasteiger partial charge in [0.1, 0.15) is 11.5 Å². The van der Waals surface area contributed by atoms with Gasteiger partial charge < -0.3 is 9.88 Å². The molecule has 5 heteroatoms. The molecule has 32 heavy (non-hydrogen) atoms. The van der Waals surface area contributed by atoms with Gasteiger partial charge in [-0.15, -0.1) is 0 Å². The summed E-state index contributed by atoms with van der Waals surface area (Å²) in [4.78, 5) is 28.0. The molecule has 5 rings (SSSR count). The third kappa shape index (κ3) is 4.06. The van der Waals surface area contributed by atoms with Crippen molar-refractivity contribution in [3.63, 3.8) is 0 Å². The number of carbonyl (C=O) groups is 1. The van der Waals surface area contributed by atoms with Gasteiger partial charge >= 0.3 is 0 Å². The van der Waals surface area contributed by atoms with Crippen LogP contribution in [0.15, 0.2) is 79.3 Å². The Morgan fingerprint density at radius 2 is 1.94 bits per heavy atom. The second-order valence-corrected chi connectivity index (χ2v) is 8.36. The number of aromatic amines is 1. The van der Waals surface area contributed by atoms with Crippen LogP contribution in [0.2, 0.25) is 0 Å². The van der Waals surface area contributed by atoms with E-state index in [4.69, 9.17) is 4.98 Å². The number of hydrogen-bond acceptors (Lipinski definition) is 4. The molecule has 1 fully saturated rings. The number of hydrogen-bond donors (Lipinski definition) is 1. The van der Waals surface area contributed by atoms with Gasteiger partial charge in [-0.3, -0.25) is 9.78 Å². The van der Waals surface area contributed by atoms with Gasteiger partial charge in [0.2, 0.25) is 5.78 Å². The Hall–Kier alpha value is -3.73. The van der Waals surface area contributed by atoms with Gasteiger partial charge in [-0.2, -0.15) is 0 Å². The third-order valence-electron chi connectivity index (χ3n) is 6.25. The zero-order valence-corrected chi connectivity index (χ0v) is 18.2. The van der Waals surface area contributed by atoms with Crippen LogP contribution in [0.3, 0.4) is 0 Å². The lowest BCUT2D eigenvalue weighted by molar-refractivity contribution is 0.103. The van der Waals surface area contributed by atoms with E-state index in [1.807, 2.05) is 43.6 Å². The number of ketones is 1. The highest BCUT2D eigenvalue weighted by Gasteiger charge is 2.23. The van der Waals surface area contributed by atoms with Crippen molar-refractivity contribution >= 4 is 11.6 Å². The Bertz CT molecular complexity index is 1220. The van der Waals surface area contributed by atoms with Crippen LogP contribution in [-0.2, 0) is 0 Å². The number of anilines is 1. The molecule has 0 aliphatic carbocycles. The van der Waals surface area contributed by atoms with E-state index in [0.29, 0.717) is 22.9 Å². The molecule has 3 aromatic heterocycles. The summed E-state index contributed by atoms with van der Waals surface area (Å²) < 4.78 is 0. The molecule has 1 N–H and O–H groups in total. The second kappa shape index (κ2) is 8.79. The van der Waals surface area contributed by atoms with Crippen molar-refractivity contribution in [1.29, 1.82) is 0 Å². The van der Waals surface area contributed by atoms with Crippen LogP contribution in [0.4, 0.5) is 5.82 Å². The Morgan fingerprint density at radius 3 is 2.75 bits per heavy atom. The van der Waals surface area contributed by atoms with Crippen LogP contribution < -0.4 is 4.90 Å². The van der Waals surface area contributed by atoms with Crippen molar-refractivity contribution < 1.29 is 4.79 Å². The predicted octanol–water partition coefficient (Wildman–Crippen LogP) is 5.40. The molecule has 0 amide bonds. The monoisotopic (exact) mass is 422 g/mol. The Labute approximate surface area is 188 Å². The van der Waals surface area contributed by atoms with Crippen molar-refractivity contribution in [1.82, 2.24) is 15.0 Å². The molecular formula is C27H26N4O. The molecule has 0 bridgehead atoms. The molecule has 1 atom stereocenters. The molecule has 0 saturated carbocycles. The number of rotatable bonds is 5. The summed E-state index contributed by atoms with van der Waals surface area (Å²) in [6.07, 6.45) is 7.86. The molecule has 1 saturated heterocycles. The number of carbonyl (C=O) groups excluding carboxylic acids is 1. The lowest BCUT2D eigenvalue weighted by atomic mass is 9.90.